The van der Waals surface area contributed by atoms with Gasteiger partial charge in [-0.3, -0.25) is 0 Å². The molecule has 58 valence electrons. The fraction of sp³-hybridized carbons (Fsp3) is 0.250. The lowest BCUT2D eigenvalue weighted by molar-refractivity contribution is 0.891. The zero-order valence-electron chi connectivity index (χ0n) is 6.05. The third-order valence-electron chi connectivity index (χ3n) is 1.97. The lowest BCUT2D eigenvalue weighted by Crippen LogP contribution is -2.27. The van der Waals surface area contributed by atoms with Crippen LogP contribution in [0.25, 0.3) is 0 Å². The minimum absolute atomic E-state index is 0.791. The second-order valence-corrected chi connectivity index (χ2v) is 3.15. The van der Waals surface area contributed by atoms with Gasteiger partial charge >= 0.3 is 0 Å². The van der Waals surface area contributed by atoms with E-state index in [1.165, 1.54) is 5.56 Å². The summed E-state index contributed by atoms with van der Waals surface area (Å²) in [6.45, 7) is 0.898. The Bertz CT molecular complexity index is 285. The van der Waals surface area contributed by atoms with Crippen molar-refractivity contribution in [2.75, 3.05) is 11.6 Å². The molecule has 0 aromatic heterocycles. The molecule has 0 saturated heterocycles. The Labute approximate surface area is 70.5 Å². The van der Waals surface area contributed by atoms with Crippen molar-refractivity contribution < 1.29 is 0 Å². The van der Waals surface area contributed by atoms with Gasteiger partial charge in [-0.1, -0.05) is 11.6 Å². The first kappa shape index (κ1) is 6.95. The van der Waals surface area contributed by atoms with Crippen LogP contribution in [0, 0.1) is 0 Å². The van der Waals surface area contributed by atoms with Crippen LogP contribution in [0.15, 0.2) is 18.2 Å². The molecular weight excluding hydrogens is 160 g/mol. The number of halogens is 1. The summed E-state index contributed by atoms with van der Waals surface area (Å²) in [5, 5.41) is 2.55. The molecule has 0 spiro atoms. The number of rotatable bonds is 0. The number of nitrogens with zero attached hydrogens (tertiary/aromatic N) is 1. The maximum atomic E-state index is 5.81. The van der Waals surface area contributed by atoms with Gasteiger partial charge in [0.15, 0.2) is 0 Å². The molecule has 0 amide bonds. The van der Waals surface area contributed by atoms with Gasteiger partial charge in [-0.25, -0.2) is 5.84 Å². The van der Waals surface area contributed by atoms with E-state index < -0.39 is 0 Å². The summed E-state index contributed by atoms with van der Waals surface area (Å²) < 4.78 is 0. The molecule has 0 atom stereocenters. The first-order valence-electron chi connectivity index (χ1n) is 3.58. The summed E-state index contributed by atoms with van der Waals surface area (Å²) in [7, 11) is 0. The van der Waals surface area contributed by atoms with Crippen molar-refractivity contribution in [1.82, 2.24) is 0 Å². The summed E-state index contributed by atoms with van der Waals surface area (Å²) in [5.41, 5.74) is 2.36. The maximum Gasteiger partial charge on any atom is 0.0550 e. The molecular formula is C8H9ClN2. The van der Waals surface area contributed by atoms with Crippen LogP contribution in [0.3, 0.4) is 0 Å². The van der Waals surface area contributed by atoms with E-state index in [9.17, 15) is 0 Å². The highest BCUT2D eigenvalue weighted by atomic mass is 35.5. The SMILES string of the molecule is NN1CCc2cc(Cl)ccc21. The average molecular weight is 169 g/mol. The van der Waals surface area contributed by atoms with Crippen LogP contribution in [0.1, 0.15) is 5.56 Å². The fourth-order valence-electron chi connectivity index (χ4n) is 1.40. The molecule has 3 heteroatoms. The summed E-state index contributed by atoms with van der Waals surface area (Å²) in [5.74, 6) is 5.69. The predicted molar refractivity (Wildman–Crippen MR) is 46.7 cm³/mol. The molecule has 0 unspecified atom stereocenters. The lowest BCUT2D eigenvalue weighted by atomic mass is 10.2. The molecule has 0 aliphatic carbocycles. The number of anilines is 1. The number of nitrogens with two attached hydrogens (primary N) is 1. The van der Waals surface area contributed by atoms with Gasteiger partial charge in [0.25, 0.3) is 0 Å². The molecule has 2 rings (SSSR count). The molecule has 0 bridgehead atoms. The summed E-state index contributed by atoms with van der Waals surface area (Å²) in [4.78, 5) is 0. The molecule has 0 saturated carbocycles. The highest BCUT2D eigenvalue weighted by Gasteiger charge is 2.15. The Morgan fingerprint density at radius 1 is 1.45 bits per heavy atom. The van der Waals surface area contributed by atoms with Crippen molar-refractivity contribution in [3.05, 3.63) is 28.8 Å². The number of hydrazine groups is 1. The Kier molecular flexibility index (Phi) is 1.51. The van der Waals surface area contributed by atoms with Crippen LogP contribution in [0.5, 0.6) is 0 Å². The van der Waals surface area contributed by atoms with Gasteiger partial charge in [0, 0.05) is 11.6 Å². The van der Waals surface area contributed by atoms with Crippen molar-refractivity contribution >= 4 is 17.3 Å². The number of hydrogen-bond acceptors (Lipinski definition) is 2. The van der Waals surface area contributed by atoms with Gasteiger partial charge in [0.2, 0.25) is 0 Å². The maximum absolute atomic E-state index is 5.81. The highest BCUT2D eigenvalue weighted by Crippen LogP contribution is 2.27. The Morgan fingerprint density at radius 3 is 3.09 bits per heavy atom. The number of hydrogen-bond donors (Lipinski definition) is 1. The monoisotopic (exact) mass is 168 g/mol. The Hall–Kier alpha value is -0.730. The normalized spacial score (nSPS) is 15.3. The van der Waals surface area contributed by atoms with Gasteiger partial charge in [-0.15, -0.1) is 0 Å². The van der Waals surface area contributed by atoms with Gasteiger partial charge in [0.1, 0.15) is 0 Å². The highest BCUT2D eigenvalue weighted by molar-refractivity contribution is 6.30. The van der Waals surface area contributed by atoms with E-state index in [4.69, 9.17) is 17.4 Å². The van der Waals surface area contributed by atoms with Crippen molar-refractivity contribution in [2.24, 2.45) is 5.84 Å². The lowest BCUT2D eigenvalue weighted by Gasteiger charge is -2.10. The van der Waals surface area contributed by atoms with Crippen molar-refractivity contribution in [3.8, 4) is 0 Å². The molecule has 0 radical (unpaired) electrons. The minimum Gasteiger partial charge on any atom is -0.310 e. The molecule has 1 aromatic rings. The zero-order valence-corrected chi connectivity index (χ0v) is 6.80. The van der Waals surface area contributed by atoms with Crippen LogP contribution in [-0.4, -0.2) is 6.54 Å². The second-order valence-electron chi connectivity index (χ2n) is 2.72. The number of benzene rings is 1. The summed E-state index contributed by atoms with van der Waals surface area (Å²) >= 11 is 5.81. The van der Waals surface area contributed by atoms with Crippen LogP contribution in [-0.2, 0) is 6.42 Å². The van der Waals surface area contributed by atoms with Crippen LogP contribution in [0.4, 0.5) is 5.69 Å². The quantitative estimate of drug-likeness (QED) is 0.596. The van der Waals surface area contributed by atoms with E-state index in [2.05, 4.69) is 0 Å². The van der Waals surface area contributed by atoms with Gasteiger partial charge in [-0.05, 0) is 30.2 Å². The van der Waals surface area contributed by atoms with Crippen molar-refractivity contribution in [3.63, 3.8) is 0 Å². The molecule has 11 heavy (non-hydrogen) atoms. The average Bonchev–Trinajstić information content (AvgIpc) is 2.32. The molecule has 1 aliphatic heterocycles. The summed E-state index contributed by atoms with van der Waals surface area (Å²) in [6, 6.07) is 5.81. The van der Waals surface area contributed by atoms with Crippen LogP contribution < -0.4 is 10.9 Å². The smallest absolute Gasteiger partial charge is 0.0550 e. The standard InChI is InChI=1S/C8H9ClN2/c9-7-1-2-8-6(5-7)3-4-11(8)10/h1-2,5H,3-4,10H2. The van der Waals surface area contributed by atoms with Gasteiger partial charge in [0.05, 0.1) is 5.69 Å². The van der Waals surface area contributed by atoms with Crippen molar-refractivity contribution in [2.45, 2.75) is 6.42 Å². The minimum atomic E-state index is 0.791. The summed E-state index contributed by atoms with van der Waals surface area (Å²) in [6.07, 6.45) is 1.01. The third-order valence-corrected chi connectivity index (χ3v) is 2.21. The molecule has 1 heterocycles. The molecule has 1 aromatic carbocycles. The Balaban J connectivity index is 2.50. The van der Waals surface area contributed by atoms with E-state index >= 15 is 0 Å². The largest absolute Gasteiger partial charge is 0.310 e. The van der Waals surface area contributed by atoms with Crippen molar-refractivity contribution in [1.29, 1.82) is 0 Å². The number of fused-ring (bicyclic) bond motifs is 1. The van der Waals surface area contributed by atoms with Crippen LogP contribution in [0.2, 0.25) is 5.02 Å². The molecule has 2 nitrogen and oxygen atoms in total. The fourth-order valence-corrected chi connectivity index (χ4v) is 1.59. The molecule has 1 aliphatic rings. The topological polar surface area (TPSA) is 29.3 Å². The first-order valence-corrected chi connectivity index (χ1v) is 3.96. The third kappa shape index (κ3) is 1.08. The molecule has 2 N–H and O–H groups in total. The molecule has 0 fully saturated rings. The van der Waals surface area contributed by atoms with E-state index in [-0.39, 0.29) is 0 Å². The van der Waals surface area contributed by atoms with E-state index in [1.54, 1.807) is 5.01 Å². The van der Waals surface area contributed by atoms with Crippen LogP contribution >= 0.6 is 11.6 Å². The zero-order chi connectivity index (χ0) is 7.84. The Morgan fingerprint density at radius 2 is 2.27 bits per heavy atom. The van der Waals surface area contributed by atoms with Gasteiger partial charge < -0.3 is 5.01 Å². The van der Waals surface area contributed by atoms with E-state index in [0.29, 0.717) is 0 Å². The second kappa shape index (κ2) is 2.40. The predicted octanol–water partition coefficient (Wildman–Crippen LogP) is 1.58. The first-order chi connectivity index (χ1) is 5.27. The van der Waals surface area contributed by atoms with E-state index in [1.807, 2.05) is 18.2 Å². The van der Waals surface area contributed by atoms with Gasteiger partial charge in [-0.2, -0.15) is 0 Å². The van der Waals surface area contributed by atoms with E-state index in [0.717, 1.165) is 23.7 Å².